The average molecular weight is 327 g/mol. The van der Waals surface area contributed by atoms with E-state index >= 15 is 0 Å². The topological polar surface area (TPSA) is 78.4 Å². The highest BCUT2D eigenvalue weighted by Crippen LogP contribution is 2.24. The van der Waals surface area contributed by atoms with Crippen LogP contribution in [0.15, 0.2) is 22.7 Å². The van der Waals surface area contributed by atoms with Crippen LogP contribution in [0.1, 0.15) is 29.6 Å². The van der Waals surface area contributed by atoms with Gasteiger partial charge in [-0.3, -0.25) is 4.79 Å². The van der Waals surface area contributed by atoms with Crippen molar-refractivity contribution in [3.8, 4) is 0 Å². The summed E-state index contributed by atoms with van der Waals surface area (Å²) in [4.78, 5) is 22.8. The van der Waals surface area contributed by atoms with Gasteiger partial charge in [0.1, 0.15) is 0 Å². The van der Waals surface area contributed by atoms with Gasteiger partial charge in [-0.25, -0.2) is 4.79 Å². The van der Waals surface area contributed by atoms with Crippen LogP contribution in [-0.2, 0) is 4.79 Å². The van der Waals surface area contributed by atoms with E-state index in [4.69, 9.17) is 5.11 Å². The zero-order valence-corrected chi connectivity index (χ0v) is 11.9. The summed E-state index contributed by atoms with van der Waals surface area (Å²) in [6.45, 7) is 0.858. The van der Waals surface area contributed by atoms with Crippen LogP contribution in [0.4, 0.5) is 5.69 Å². The number of benzene rings is 1. The van der Waals surface area contributed by atoms with Crippen molar-refractivity contribution >= 4 is 33.5 Å². The molecule has 6 heteroatoms. The molecule has 0 aliphatic carbocycles. The first-order chi connectivity index (χ1) is 9.08. The van der Waals surface area contributed by atoms with Gasteiger partial charge < -0.3 is 15.7 Å². The lowest BCUT2D eigenvalue weighted by Gasteiger charge is -2.22. The third-order valence-corrected chi connectivity index (χ3v) is 3.76. The molecule has 5 nitrogen and oxygen atoms in total. The molecule has 3 N–H and O–H groups in total. The zero-order valence-electron chi connectivity index (χ0n) is 10.3. The second-order valence-corrected chi connectivity index (χ2v) is 5.35. The van der Waals surface area contributed by atoms with Crippen LogP contribution in [0.2, 0.25) is 0 Å². The molecule has 1 unspecified atom stereocenters. The minimum atomic E-state index is -0.993. The molecular weight excluding hydrogens is 312 g/mol. The van der Waals surface area contributed by atoms with Crippen LogP contribution in [-0.4, -0.2) is 29.6 Å². The Morgan fingerprint density at radius 2 is 2.16 bits per heavy atom. The maximum Gasteiger partial charge on any atom is 0.335 e. The summed E-state index contributed by atoms with van der Waals surface area (Å²) in [5, 5.41) is 14.8. The van der Waals surface area contributed by atoms with Crippen LogP contribution >= 0.6 is 15.9 Å². The predicted octanol–water partition coefficient (Wildman–Crippen LogP) is 2.23. The highest BCUT2D eigenvalue weighted by molar-refractivity contribution is 9.10. The van der Waals surface area contributed by atoms with Gasteiger partial charge in [0.25, 0.3) is 0 Å². The first-order valence-corrected chi connectivity index (χ1v) is 6.94. The molecule has 0 bridgehead atoms. The van der Waals surface area contributed by atoms with Gasteiger partial charge in [0, 0.05) is 4.47 Å². The highest BCUT2D eigenvalue weighted by Gasteiger charge is 2.21. The monoisotopic (exact) mass is 326 g/mol. The van der Waals surface area contributed by atoms with Crippen LogP contribution in [0, 0.1) is 0 Å². The van der Waals surface area contributed by atoms with E-state index in [0.29, 0.717) is 10.2 Å². The SMILES string of the molecule is O=C(O)c1ccc(NC(=O)C2CCCCN2)c(Br)c1. The van der Waals surface area contributed by atoms with Gasteiger partial charge in [0.15, 0.2) is 0 Å². The first-order valence-electron chi connectivity index (χ1n) is 6.15. The average Bonchev–Trinajstić information content (AvgIpc) is 2.41. The molecule has 0 aromatic heterocycles. The number of piperidine rings is 1. The van der Waals surface area contributed by atoms with Crippen LogP contribution in [0.3, 0.4) is 0 Å². The molecule has 19 heavy (non-hydrogen) atoms. The van der Waals surface area contributed by atoms with Crippen molar-refractivity contribution < 1.29 is 14.7 Å². The van der Waals surface area contributed by atoms with Crippen molar-refractivity contribution in [3.63, 3.8) is 0 Å². The van der Waals surface area contributed by atoms with Gasteiger partial charge in [-0.05, 0) is 53.5 Å². The van der Waals surface area contributed by atoms with E-state index in [1.807, 2.05) is 0 Å². The van der Waals surface area contributed by atoms with E-state index < -0.39 is 5.97 Å². The van der Waals surface area contributed by atoms with E-state index in [2.05, 4.69) is 26.6 Å². The maximum atomic E-state index is 12.0. The Bertz CT molecular complexity index is 499. The smallest absolute Gasteiger partial charge is 0.335 e. The Kier molecular flexibility index (Phi) is 4.55. The number of hydrogen-bond acceptors (Lipinski definition) is 3. The fourth-order valence-corrected chi connectivity index (χ4v) is 2.52. The molecule has 1 aliphatic heterocycles. The van der Waals surface area contributed by atoms with Gasteiger partial charge in [-0.2, -0.15) is 0 Å². The number of carboxylic acids is 1. The molecule has 0 spiro atoms. The summed E-state index contributed by atoms with van der Waals surface area (Å²) in [5.41, 5.74) is 0.767. The molecule has 1 aromatic rings. The second-order valence-electron chi connectivity index (χ2n) is 4.49. The Balaban J connectivity index is 2.06. The standard InChI is InChI=1S/C13H15BrN2O3/c14-9-7-8(13(18)19)4-5-10(9)16-12(17)11-3-1-2-6-15-11/h4-5,7,11,15H,1-3,6H2,(H,16,17)(H,18,19). The number of carbonyl (C=O) groups is 2. The van der Waals surface area contributed by atoms with Crippen molar-refractivity contribution in [2.24, 2.45) is 0 Å². The fourth-order valence-electron chi connectivity index (χ4n) is 2.04. The molecule has 0 saturated carbocycles. The Morgan fingerprint density at radius 3 is 2.74 bits per heavy atom. The Hall–Kier alpha value is -1.40. The molecule has 1 aliphatic rings. The first kappa shape index (κ1) is 14.0. The summed E-state index contributed by atoms with van der Waals surface area (Å²) < 4.78 is 0.566. The summed E-state index contributed by atoms with van der Waals surface area (Å²) in [5.74, 6) is -1.07. The minimum absolute atomic E-state index is 0.0801. The third kappa shape index (κ3) is 3.54. The van der Waals surface area contributed by atoms with Crippen molar-refractivity contribution in [1.82, 2.24) is 5.32 Å². The Labute approximate surface area is 119 Å². The molecule has 1 fully saturated rings. The number of nitrogens with one attached hydrogen (secondary N) is 2. The van der Waals surface area contributed by atoms with Crippen LogP contribution in [0.25, 0.3) is 0 Å². The number of amides is 1. The van der Waals surface area contributed by atoms with E-state index in [-0.39, 0.29) is 17.5 Å². The van der Waals surface area contributed by atoms with Gasteiger partial charge in [0.05, 0.1) is 17.3 Å². The summed E-state index contributed by atoms with van der Waals surface area (Å²) >= 11 is 3.27. The van der Waals surface area contributed by atoms with Crippen molar-refractivity contribution in [1.29, 1.82) is 0 Å². The number of aromatic carboxylic acids is 1. The third-order valence-electron chi connectivity index (χ3n) is 3.10. The maximum absolute atomic E-state index is 12.0. The summed E-state index contributed by atoms with van der Waals surface area (Å²) in [6, 6.07) is 4.37. The van der Waals surface area contributed by atoms with Crippen molar-refractivity contribution in [2.75, 3.05) is 11.9 Å². The van der Waals surface area contributed by atoms with E-state index in [1.165, 1.54) is 12.1 Å². The molecule has 1 heterocycles. The van der Waals surface area contributed by atoms with E-state index in [0.717, 1.165) is 25.8 Å². The summed E-state index contributed by atoms with van der Waals surface area (Å²) in [6.07, 6.45) is 2.97. The summed E-state index contributed by atoms with van der Waals surface area (Å²) in [7, 11) is 0. The molecule has 1 atom stereocenters. The zero-order chi connectivity index (χ0) is 13.8. The number of carbonyl (C=O) groups excluding carboxylic acids is 1. The number of carboxylic acid groups (broad SMARTS) is 1. The second kappa shape index (κ2) is 6.16. The molecular formula is C13H15BrN2O3. The molecule has 102 valence electrons. The van der Waals surface area contributed by atoms with Gasteiger partial charge in [-0.1, -0.05) is 6.42 Å². The lowest BCUT2D eigenvalue weighted by atomic mass is 10.0. The minimum Gasteiger partial charge on any atom is -0.478 e. The number of anilines is 1. The molecule has 1 aromatic carbocycles. The normalized spacial score (nSPS) is 18.9. The molecule has 1 saturated heterocycles. The number of halogens is 1. The Morgan fingerprint density at radius 1 is 1.37 bits per heavy atom. The quantitative estimate of drug-likeness (QED) is 0.795. The van der Waals surface area contributed by atoms with Gasteiger partial charge >= 0.3 is 5.97 Å². The number of hydrogen-bond donors (Lipinski definition) is 3. The van der Waals surface area contributed by atoms with E-state index in [1.54, 1.807) is 6.07 Å². The molecule has 2 rings (SSSR count). The highest BCUT2D eigenvalue weighted by atomic mass is 79.9. The van der Waals surface area contributed by atoms with Crippen LogP contribution < -0.4 is 10.6 Å². The predicted molar refractivity (Wildman–Crippen MR) is 75.4 cm³/mol. The number of rotatable bonds is 3. The largest absolute Gasteiger partial charge is 0.478 e. The fraction of sp³-hybridized carbons (Fsp3) is 0.385. The lowest BCUT2D eigenvalue weighted by molar-refractivity contribution is -0.118. The van der Waals surface area contributed by atoms with Crippen molar-refractivity contribution in [2.45, 2.75) is 25.3 Å². The molecule has 1 amide bonds. The van der Waals surface area contributed by atoms with Crippen molar-refractivity contribution in [3.05, 3.63) is 28.2 Å². The molecule has 0 radical (unpaired) electrons. The lowest BCUT2D eigenvalue weighted by Crippen LogP contribution is -2.43. The van der Waals surface area contributed by atoms with Gasteiger partial charge in [0.2, 0.25) is 5.91 Å². The van der Waals surface area contributed by atoms with Gasteiger partial charge in [-0.15, -0.1) is 0 Å². The van der Waals surface area contributed by atoms with Crippen LogP contribution in [0.5, 0.6) is 0 Å². The van der Waals surface area contributed by atoms with E-state index in [9.17, 15) is 9.59 Å².